The summed E-state index contributed by atoms with van der Waals surface area (Å²) in [5.41, 5.74) is 5.30. The van der Waals surface area contributed by atoms with Gasteiger partial charge in [-0.25, -0.2) is 13.1 Å². The lowest BCUT2D eigenvalue weighted by molar-refractivity contribution is 0.412. The molecule has 1 aromatic heterocycles. The maximum atomic E-state index is 11.5. The van der Waals surface area contributed by atoms with Gasteiger partial charge in [-0.05, 0) is 14.1 Å². The molecule has 9 heteroatoms. The van der Waals surface area contributed by atoms with E-state index in [9.17, 15) is 8.42 Å². The van der Waals surface area contributed by atoms with Crippen LogP contribution in [0.3, 0.4) is 0 Å². The molecule has 15 heavy (non-hydrogen) atoms. The molecular weight excluding hydrogens is 238 g/mol. The van der Waals surface area contributed by atoms with Crippen LogP contribution in [0.4, 0.5) is 5.13 Å². The number of aromatic nitrogens is 2. The largest absolute Gasteiger partial charge is 0.374 e. The topological polar surface area (TPSA) is 101 Å². The Morgan fingerprint density at radius 2 is 2.13 bits per heavy atom. The lowest BCUT2D eigenvalue weighted by atomic mass is 10.6. The molecule has 86 valence electrons. The standard InChI is InChI=1S/C6H13N5O2S2/c1-11(2)4-3-8-15(12,13)6-10-9-5(7)14-6/h8H,3-4H2,1-2H3,(H2,7,9). The van der Waals surface area contributed by atoms with E-state index in [0.717, 1.165) is 11.3 Å². The summed E-state index contributed by atoms with van der Waals surface area (Å²) in [6.45, 7) is 0.947. The van der Waals surface area contributed by atoms with Crippen LogP contribution in [0.15, 0.2) is 4.34 Å². The second-order valence-electron chi connectivity index (χ2n) is 3.11. The van der Waals surface area contributed by atoms with E-state index in [1.54, 1.807) is 0 Å². The maximum Gasteiger partial charge on any atom is 0.269 e. The second kappa shape index (κ2) is 4.84. The van der Waals surface area contributed by atoms with Crippen LogP contribution in [0.25, 0.3) is 0 Å². The lowest BCUT2D eigenvalue weighted by Gasteiger charge is -2.09. The fourth-order valence-electron chi connectivity index (χ4n) is 0.794. The van der Waals surface area contributed by atoms with Gasteiger partial charge in [-0.2, -0.15) is 0 Å². The molecule has 3 N–H and O–H groups in total. The fourth-order valence-corrected chi connectivity index (χ4v) is 2.64. The van der Waals surface area contributed by atoms with Crippen molar-refractivity contribution in [2.75, 3.05) is 32.9 Å². The molecule has 0 bridgehead atoms. The molecule has 0 aliphatic rings. The number of hydrogen-bond acceptors (Lipinski definition) is 7. The zero-order valence-electron chi connectivity index (χ0n) is 8.47. The van der Waals surface area contributed by atoms with Crippen molar-refractivity contribution in [3.05, 3.63) is 0 Å². The first kappa shape index (κ1) is 12.3. The highest BCUT2D eigenvalue weighted by atomic mass is 32.2. The third-order valence-electron chi connectivity index (χ3n) is 1.50. The second-order valence-corrected chi connectivity index (χ2v) is 6.06. The van der Waals surface area contributed by atoms with E-state index in [4.69, 9.17) is 5.73 Å². The van der Waals surface area contributed by atoms with E-state index in [2.05, 4.69) is 14.9 Å². The van der Waals surface area contributed by atoms with Crippen molar-refractivity contribution in [1.29, 1.82) is 0 Å². The van der Waals surface area contributed by atoms with Crippen LogP contribution in [-0.4, -0.2) is 50.7 Å². The number of hydrogen-bond donors (Lipinski definition) is 2. The van der Waals surface area contributed by atoms with Gasteiger partial charge in [0.05, 0.1) is 0 Å². The Labute approximate surface area is 92.3 Å². The van der Waals surface area contributed by atoms with Crippen LogP contribution >= 0.6 is 11.3 Å². The Balaban J connectivity index is 2.60. The van der Waals surface area contributed by atoms with Gasteiger partial charge in [-0.15, -0.1) is 10.2 Å². The highest BCUT2D eigenvalue weighted by Gasteiger charge is 2.18. The zero-order chi connectivity index (χ0) is 11.5. The van der Waals surface area contributed by atoms with Gasteiger partial charge in [0.25, 0.3) is 10.0 Å². The highest BCUT2D eigenvalue weighted by molar-refractivity contribution is 7.91. The Morgan fingerprint density at radius 1 is 1.47 bits per heavy atom. The number of rotatable bonds is 5. The molecule has 0 radical (unpaired) electrons. The lowest BCUT2D eigenvalue weighted by Crippen LogP contribution is -2.31. The quantitative estimate of drug-likeness (QED) is 0.693. The Kier molecular flexibility index (Phi) is 3.97. The van der Waals surface area contributed by atoms with E-state index in [1.807, 2.05) is 19.0 Å². The van der Waals surface area contributed by atoms with E-state index >= 15 is 0 Å². The van der Waals surface area contributed by atoms with E-state index in [1.165, 1.54) is 0 Å². The Morgan fingerprint density at radius 3 is 2.60 bits per heavy atom. The summed E-state index contributed by atoms with van der Waals surface area (Å²) in [5, 5.41) is 7.05. The van der Waals surface area contributed by atoms with Gasteiger partial charge in [0.15, 0.2) is 0 Å². The van der Waals surface area contributed by atoms with Gasteiger partial charge >= 0.3 is 0 Å². The average Bonchev–Trinajstić information content (AvgIpc) is 2.51. The average molecular weight is 251 g/mol. The molecular formula is C6H13N5O2S2. The maximum absolute atomic E-state index is 11.5. The smallest absolute Gasteiger partial charge is 0.269 e. The number of nitrogens with zero attached hydrogens (tertiary/aromatic N) is 3. The van der Waals surface area contributed by atoms with Crippen LogP contribution in [0.2, 0.25) is 0 Å². The molecule has 0 fully saturated rings. The minimum absolute atomic E-state index is 0.0984. The molecule has 0 spiro atoms. The van der Waals surface area contributed by atoms with E-state index in [0.29, 0.717) is 13.1 Å². The number of nitrogen functional groups attached to an aromatic ring is 1. The molecule has 1 rings (SSSR count). The summed E-state index contributed by atoms with van der Waals surface area (Å²) >= 11 is 0.845. The van der Waals surface area contributed by atoms with Gasteiger partial charge in [0.2, 0.25) is 9.47 Å². The number of sulfonamides is 1. The number of anilines is 1. The summed E-state index contributed by atoms with van der Waals surface area (Å²) in [4.78, 5) is 1.87. The van der Waals surface area contributed by atoms with Crippen molar-refractivity contribution < 1.29 is 8.42 Å². The van der Waals surface area contributed by atoms with Crippen LogP contribution in [0, 0.1) is 0 Å². The summed E-state index contributed by atoms with van der Waals surface area (Å²) in [6, 6.07) is 0. The molecule has 0 aromatic carbocycles. The van der Waals surface area contributed by atoms with Gasteiger partial charge in [0.1, 0.15) is 0 Å². The number of nitrogens with one attached hydrogen (secondary N) is 1. The summed E-state index contributed by atoms with van der Waals surface area (Å²) in [7, 11) is 0.170. The third kappa shape index (κ3) is 3.70. The van der Waals surface area contributed by atoms with Crippen molar-refractivity contribution in [1.82, 2.24) is 19.8 Å². The van der Waals surface area contributed by atoms with Gasteiger partial charge in [0, 0.05) is 13.1 Å². The fraction of sp³-hybridized carbons (Fsp3) is 0.667. The molecule has 0 saturated carbocycles. The first-order chi connectivity index (χ1) is 6.92. The van der Waals surface area contributed by atoms with Crippen LogP contribution < -0.4 is 10.5 Å². The molecule has 7 nitrogen and oxygen atoms in total. The van der Waals surface area contributed by atoms with Crippen molar-refractivity contribution in [3.8, 4) is 0 Å². The first-order valence-electron chi connectivity index (χ1n) is 4.15. The molecule has 1 heterocycles. The molecule has 0 aliphatic carbocycles. The highest BCUT2D eigenvalue weighted by Crippen LogP contribution is 2.15. The number of nitrogens with two attached hydrogens (primary N) is 1. The summed E-state index contributed by atoms with van der Waals surface area (Å²) in [5.74, 6) is 0. The third-order valence-corrected chi connectivity index (χ3v) is 4.08. The summed E-state index contributed by atoms with van der Waals surface area (Å²) in [6.07, 6.45) is 0. The van der Waals surface area contributed by atoms with Crippen molar-refractivity contribution in [3.63, 3.8) is 0 Å². The Hall–Kier alpha value is -0.770. The van der Waals surface area contributed by atoms with Crippen LogP contribution in [0.5, 0.6) is 0 Å². The molecule has 1 aromatic rings. The Bertz CT molecular complexity index is 413. The molecule has 0 saturated heterocycles. The monoisotopic (exact) mass is 251 g/mol. The van der Waals surface area contributed by atoms with Gasteiger partial charge in [-0.1, -0.05) is 11.3 Å². The van der Waals surface area contributed by atoms with E-state index in [-0.39, 0.29) is 9.47 Å². The van der Waals surface area contributed by atoms with Crippen LogP contribution in [-0.2, 0) is 10.0 Å². The predicted octanol–water partition coefficient (Wildman–Crippen LogP) is -1.04. The summed E-state index contributed by atoms with van der Waals surface area (Å²) < 4.78 is 25.4. The molecule has 0 aliphatic heterocycles. The molecule has 0 atom stereocenters. The zero-order valence-corrected chi connectivity index (χ0v) is 10.1. The molecule has 0 amide bonds. The van der Waals surface area contributed by atoms with Gasteiger partial charge in [-0.3, -0.25) is 0 Å². The normalized spacial score (nSPS) is 12.2. The molecule has 0 unspecified atom stereocenters. The van der Waals surface area contributed by atoms with Crippen molar-refractivity contribution in [2.24, 2.45) is 0 Å². The van der Waals surface area contributed by atoms with Crippen LogP contribution in [0.1, 0.15) is 0 Å². The SMILES string of the molecule is CN(C)CCNS(=O)(=O)c1nnc(N)s1. The first-order valence-corrected chi connectivity index (χ1v) is 6.45. The minimum Gasteiger partial charge on any atom is -0.374 e. The predicted molar refractivity (Wildman–Crippen MR) is 58.1 cm³/mol. The van der Waals surface area contributed by atoms with Gasteiger partial charge < -0.3 is 10.6 Å². The minimum atomic E-state index is -3.55. The number of likely N-dealkylation sites (N-methyl/N-ethyl adjacent to an activating group) is 1. The van der Waals surface area contributed by atoms with Crippen molar-refractivity contribution in [2.45, 2.75) is 4.34 Å². The van der Waals surface area contributed by atoms with Crippen molar-refractivity contribution >= 4 is 26.5 Å². The van der Waals surface area contributed by atoms with E-state index < -0.39 is 10.0 Å².